The van der Waals surface area contributed by atoms with E-state index in [0.29, 0.717) is 0 Å². The lowest BCUT2D eigenvalue weighted by molar-refractivity contribution is 0.414. The molecule has 0 aromatic heterocycles. The van der Waals surface area contributed by atoms with Crippen molar-refractivity contribution < 1.29 is 9.47 Å². The van der Waals surface area contributed by atoms with Gasteiger partial charge in [0.25, 0.3) is 0 Å². The van der Waals surface area contributed by atoms with Crippen molar-refractivity contribution >= 4 is 0 Å². The van der Waals surface area contributed by atoms with Gasteiger partial charge in [-0.3, -0.25) is 0 Å². The van der Waals surface area contributed by atoms with Crippen molar-refractivity contribution in [1.29, 1.82) is 0 Å². The second kappa shape index (κ2) is 10.0. The molecule has 0 saturated carbocycles. The summed E-state index contributed by atoms with van der Waals surface area (Å²) in [6, 6.07) is 16.9. The summed E-state index contributed by atoms with van der Waals surface area (Å²) in [5, 5.41) is 0. The smallest absolute Gasteiger partial charge is 0.118 e. The third-order valence-corrected chi connectivity index (χ3v) is 4.66. The van der Waals surface area contributed by atoms with Crippen LogP contribution in [-0.2, 0) is 12.8 Å². The van der Waals surface area contributed by atoms with Gasteiger partial charge in [-0.1, -0.05) is 44.0 Å². The fourth-order valence-electron chi connectivity index (χ4n) is 2.96. The third kappa shape index (κ3) is 6.27. The summed E-state index contributed by atoms with van der Waals surface area (Å²) in [5.74, 6) is 2.65. The van der Waals surface area contributed by atoms with Crippen molar-refractivity contribution in [2.45, 2.75) is 45.4 Å². The van der Waals surface area contributed by atoms with Gasteiger partial charge in [-0.2, -0.15) is 0 Å². The lowest BCUT2D eigenvalue weighted by atomic mass is 9.95. The number of methoxy groups -OCH3 is 2. The van der Waals surface area contributed by atoms with Gasteiger partial charge < -0.3 is 9.47 Å². The molecule has 0 radical (unpaired) electrons. The lowest BCUT2D eigenvalue weighted by Gasteiger charge is -2.11. The molecular formula is C22H30O2. The second-order valence-electron chi connectivity index (χ2n) is 6.59. The highest BCUT2D eigenvalue weighted by molar-refractivity contribution is 5.27. The Morgan fingerprint density at radius 3 is 1.67 bits per heavy atom. The van der Waals surface area contributed by atoms with E-state index in [1.54, 1.807) is 14.2 Å². The Kier molecular flexibility index (Phi) is 7.67. The minimum absolute atomic E-state index is 0.781. The summed E-state index contributed by atoms with van der Waals surface area (Å²) in [5.41, 5.74) is 2.81. The first-order chi connectivity index (χ1) is 11.7. The molecule has 0 aliphatic rings. The lowest BCUT2D eigenvalue weighted by Crippen LogP contribution is -1.98. The third-order valence-electron chi connectivity index (χ3n) is 4.66. The van der Waals surface area contributed by atoms with Crippen molar-refractivity contribution in [3.63, 3.8) is 0 Å². The number of hydrogen-bond acceptors (Lipinski definition) is 2. The number of aryl methyl sites for hydroxylation is 2. The number of rotatable bonds is 10. The zero-order chi connectivity index (χ0) is 17.2. The van der Waals surface area contributed by atoms with Gasteiger partial charge in [0.15, 0.2) is 0 Å². The van der Waals surface area contributed by atoms with Gasteiger partial charge in [-0.15, -0.1) is 0 Å². The summed E-state index contributed by atoms with van der Waals surface area (Å²) >= 11 is 0. The SMILES string of the molecule is COc1ccc(CCCCC(C)CCc2ccc(OC)cc2)cc1. The monoisotopic (exact) mass is 326 g/mol. The molecule has 0 saturated heterocycles. The van der Waals surface area contributed by atoms with E-state index >= 15 is 0 Å². The van der Waals surface area contributed by atoms with Crippen LogP contribution in [0.1, 0.15) is 43.7 Å². The Labute approximate surface area is 146 Å². The predicted octanol–water partition coefficient (Wildman–Crippen LogP) is 5.69. The Hall–Kier alpha value is -1.96. The zero-order valence-corrected chi connectivity index (χ0v) is 15.3. The van der Waals surface area contributed by atoms with E-state index in [0.717, 1.165) is 30.3 Å². The average molecular weight is 326 g/mol. The van der Waals surface area contributed by atoms with Gasteiger partial charge in [-0.25, -0.2) is 0 Å². The molecule has 130 valence electrons. The molecule has 0 amide bonds. The Balaban J connectivity index is 1.61. The summed E-state index contributed by atoms with van der Waals surface area (Å²) < 4.78 is 10.4. The van der Waals surface area contributed by atoms with Crippen LogP contribution in [0.4, 0.5) is 0 Å². The summed E-state index contributed by atoms with van der Waals surface area (Å²) in [6.45, 7) is 2.37. The molecule has 0 N–H and O–H groups in total. The molecule has 0 bridgehead atoms. The largest absolute Gasteiger partial charge is 0.497 e. The standard InChI is InChI=1S/C22H30O2/c1-18(8-9-20-12-16-22(24-3)17-13-20)6-4-5-7-19-10-14-21(23-2)15-11-19/h10-18H,4-9H2,1-3H3. The van der Waals surface area contributed by atoms with Crippen LogP contribution in [0.3, 0.4) is 0 Å². The first-order valence-electron chi connectivity index (χ1n) is 8.97. The molecule has 24 heavy (non-hydrogen) atoms. The molecule has 0 aliphatic carbocycles. The Morgan fingerprint density at radius 2 is 1.17 bits per heavy atom. The van der Waals surface area contributed by atoms with Gasteiger partial charge in [0, 0.05) is 0 Å². The van der Waals surface area contributed by atoms with Crippen molar-refractivity contribution in [2.75, 3.05) is 14.2 Å². The highest BCUT2D eigenvalue weighted by Crippen LogP contribution is 2.19. The minimum Gasteiger partial charge on any atom is -0.497 e. The van der Waals surface area contributed by atoms with Crippen LogP contribution in [0.5, 0.6) is 11.5 Å². The van der Waals surface area contributed by atoms with Crippen molar-refractivity contribution in [3.05, 3.63) is 59.7 Å². The number of ether oxygens (including phenoxy) is 2. The maximum Gasteiger partial charge on any atom is 0.118 e. The zero-order valence-electron chi connectivity index (χ0n) is 15.3. The predicted molar refractivity (Wildman–Crippen MR) is 101 cm³/mol. The Morgan fingerprint density at radius 1 is 0.667 bits per heavy atom. The van der Waals surface area contributed by atoms with E-state index in [1.807, 2.05) is 12.1 Å². The van der Waals surface area contributed by atoms with Crippen LogP contribution in [0.15, 0.2) is 48.5 Å². The van der Waals surface area contributed by atoms with Gasteiger partial charge in [0.2, 0.25) is 0 Å². The number of hydrogen-bond donors (Lipinski definition) is 0. The molecule has 2 aromatic carbocycles. The van der Waals surface area contributed by atoms with E-state index in [9.17, 15) is 0 Å². The van der Waals surface area contributed by atoms with Crippen LogP contribution in [0.25, 0.3) is 0 Å². The van der Waals surface area contributed by atoms with E-state index in [1.165, 1.54) is 36.8 Å². The first-order valence-corrected chi connectivity index (χ1v) is 8.97. The maximum atomic E-state index is 5.20. The van der Waals surface area contributed by atoms with Crippen molar-refractivity contribution in [1.82, 2.24) is 0 Å². The normalized spacial score (nSPS) is 12.0. The maximum absolute atomic E-state index is 5.20. The highest BCUT2D eigenvalue weighted by atomic mass is 16.5. The number of benzene rings is 2. The molecule has 0 aliphatic heterocycles. The first kappa shape index (κ1) is 18.4. The van der Waals surface area contributed by atoms with Gasteiger partial charge in [0.1, 0.15) is 11.5 Å². The topological polar surface area (TPSA) is 18.5 Å². The van der Waals surface area contributed by atoms with Crippen LogP contribution in [-0.4, -0.2) is 14.2 Å². The van der Waals surface area contributed by atoms with E-state index in [-0.39, 0.29) is 0 Å². The molecule has 2 aromatic rings. The Bertz CT molecular complexity index is 572. The molecule has 0 spiro atoms. The van der Waals surface area contributed by atoms with Gasteiger partial charge in [0.05, 0.1) is 14.2 Å². The highest BCUT2D eigenvalue weighted by Gasteiger charge is 2.04. The van der Waals surface area contributed by atoms with E-state index < -0.39 is 0 Å². The second-order valence-corrected chi connectivity index (χ2v) is 6.59. The average Bonchev–Trinajstić information content (AvgIpc) is 2.64. The number of unbranched alkanes of at least 4 members (excludes halogenated alkanes) is 1. The van der Waals surface area contributed by atoms with Crippen LogP contribution < -0.4 is 9.47 Å². The molecule has 1 unspecified atom stereocenters. The van der Waals surface area contributed by atoms with Crippen molar-refractivity contribution in [2.24, 2.45) is 5.92 Å². The van der Waals surface area contributed by atoms with Gasteiger partial charge >= 0.3 is 0 Å². The van der Waals surface area contributed by atoms with Gasteiger partial charge in [-0.05, 0) is 67.0 Å². The fraction of sp³-hybridized carbons (Fsp3) is 0.455. The van der Waals surface area contributed by atoms with Crippen LogP contribution >= 0.6 is 0 Å². The summed E-state index contributed by atoms with van der Waals surface area (Å²) in [6.07, 6.45) is 7.45. The summed E-state index contributed by atoms with van der Waals surface area (Å²) in [7, 11) is 3.42. The quantitative estimate of drug-likeness (QED) is 0.522. The molecule has 2 rings (SSSR count). The molecule has 0 heterocycles. The fourth-order valence-corrected chi connectivity index (χ4v) is 2.96. The molecule has 0 fully saturated rings. The minimum atomic E-state index is 0.781. The van der Waals surface area contributed by atoms with Crippen LogP contribution in [0.2, 0.25) is 0 Å². The van der Waals surface area contributed by atoms with Crippen LogP contribution in [0, 0.1) is 5.92 Å². The molecule has 2 heteroatoms. The van der Waals surface area contributed by atoms with Crippen molar-refractivity contribution in [3.8, 4) is 11.5 Å². The van der Waals surface area contributed by atoms with E-state index in [2.05, 4.69) is 43.3 Å². The summed E-state index contributed by atoms with van der Waals surface area (Å²) in [4.78, 5) is 0. The molecular weight excluding hydrogens is 296 g/mol. The molecule has 1 atom stereocenters. The molecule has 2 nitrogen and oxygen atoms in total. The van der Waals surface area contributed by atoms with E-state index in [4.69, 9.17) is 9.47 Å².